The van der Waals surface area contributed by atoms with Crippen LogP contribution < -0.4 is 5.63 Å². The number of piperidine rings is 1. The van der Waals surface area contributed by atoms with Crippen LogP contribution in [0.1, 0.15) is 28.9 Å². The Morgan fingerprint density at radius 1 is 1.20 bits per heavy atom. The fourth-order valence-corrected chi connectivity index (χ4v) is 2.78. The normalized spacial score (nSPS) is 21.6. The molecule has 0 saturated carbocycles. The second kappa shape index (κ2) is 4.75. The molecule has 110 valence electrons. The summed E-state index contributed by atoms with van der Waals surface area (Å²) in [5.41, 5.74) is 0.0917. The van der Waals surface area contributed by atoms with Gasteiger partial charge in [-0.1, -0.05) is 0 Å². The van der Waals surface area contributed by atoms with E-state index in [4.69, 9.17) is 14.0 Å². The molecule has 1 aromatic rings. The van der Waals surface area contributed by atoms with Gasteiger partial charge < -0.3 is 18.9 Å². The van der Waals surface area contributed by atoms with Crippen molar-refractivity contribution in [2.24, 2.45) is 7.05 Å². The number of nitrogens with zero attached hydrogens (tertiary/aromatic N) is 2. The molecule has 2 saturated heterocycles. The first kappa shape index (κ1) is 13.4. The predicted octanol–water partition coefficient (Wildman–Crippen LogP) is 0.266. The van der Waals surface area contributed by atoms with E-state index in [-0.39, 0.29) is 11.5 Å². The maximum absolute atomic E-state index is 12.4. The molecule has 0 radical (unpaired) electrons. The van der Waals surface area contributed by atoms with Crippen molar-refractivity contribution >= 4 is 5.91 Å². The van der Waals surface area contributed by atoms with Crippen LogP contribution in [-0.4, -0.2) is 47.6 Å². The van der Waals surface area contributed by atoms with E-state index >= 15 is 0 Å². The van der Waals surface area contributed by atoms with Crippen molar-refractivity contribution in [2.45, 2.75) is 25.6 Å². The molecule has 1 aromatic heterocycles. The van der Waals surface area contributed by atoms with Crippen LogP contribution in [0.5, 0.6) is 0 Å². The van der Waals surface area contributed by atoms with Crippen molar-refractivity contribution in [3.63, 3.8) is 0 Å². The van der Waals surface area contributed by atoms with E-state index in [0.29, 0.717) is 44.8 Å². The van der Waals surface area contributed by atoms with Gasteiger partial charge in [0.1, 0.15) is 5.56 Å². The zero-order chi connectivity index (χ0) is 14.3. The van der Waals surface area contributed by atoms with Gasteiger partial charge in [-0.3, -0.25) is 4.79 Å². The lowest BCUT2D eigenvalue weighted by Gasteiger charge is -2.37. The monoisotopic (exact) mass is 282 g/mol. The lowest BCUT2D eigenvalue weighted by Crippen LogP contribution is -2.48. The van der Waals surface area contributed by atoms with Gasteiger partial charge in [-0.25, -0.2) is 9.53 Å². The number of rotatable bonds is 1. The third kappa shape index (κ3) is 2.06. The second-order valence-corrected chi connectivity index (χ2v) is 5.24. The Labute approximate surface area is 116 Å². The Morgan fingerprint density at radius 2 is 1.80 bits per heavy atom. The van der Waals surface area contributed by atoms with E-state index in [1.54, 1.807) is 18.9 Å². The maximum atomic E-state index is 12.4. The summed E-state index contributed by atoms with van der Waals surface area (Å²) in [4.78, 5) is 25.8. The number of aryl methyl sites for hydroxylation is 1. The standard InChI is InChI=1S/C13H18N2O5/c1-9-10(12(17)20-14(9)2)11(16)15-5-3-13(4-6-15)18-7-8-19-13/h3-8H2,1-2H3. The van der Waals surface area contributed by atoms with Crippen molar-refractivity contribution in [1.29, 1.82) is 0 Å². The Bertz CT molecular complexity index is 572. The fraction of sp³-hybridized carbons (Fsp3) is 0.692. The summed E-state index contributed by atoms with van der Waals surface area (Å²) >= 11 is 0. The van der Waals surface area contributed by atoms with Crippen LogP contribution in [0.3, 0.4) is 0 Å². The van der Waals surface area contributed by atoms with E-state index in [0.717, 1.165) is 0 Å². The third-order valence-electron chi connectivity index (χ3n) is 4.10. The molecule has 0 bridgehead atoms. The zero-order valence-electron chi connectivity index (χ0n) is 11.7. The fourth-order valence-electron chi connectivity index (χ4n) is 2.78. The molecule has 7 heteroatoms. The molecule has 1 spiro atoms. The highest BCUT2D eigenvalue weighted by Crippen LogP contribution is 2.31. The molecule has 3 heterocycles. The smallest absolute Gasteiger partial charge is 0.347 e. The van der Waals surface area contributed by atoms with E-state index in [9.17, 15) is 9.59 Å². The average Bonchev–Trinajstić information content (AvgIpc) is 2.97. The van der Waals surface area contributed by atoms with Crippen molar-refractivity contribution in [2.75, 3.05) is 26.3 Å². The average molecular weight is 282 g/mol. The van der Waals surface area contributed by atoms with Crippen molar-refractivity contribution < 1.29 is 18.8 Å². The van der Waals surface area contributed by atoms with Gasteiger partial charge in [0.05, 0.1) is 18.9 Å². The molecule has 0 N–H and O–H groups in total. The number of carbonyl (C=O) groups excluding carboxylic acids is 1. The van der Waals surface area contributed by atoms with Crippen LogP contribution in [0.2, 0.25) is 0 Å². The van der Waals surface area contributed by atoms with Gasteiger partial charge in [0.2, 0.25) is 0 Å². The number of hydrogen-bond acceptors (Lipinski definition) is 5. The highest BCUT2D eigenvalue weighted by atomic mass is 16.7. The molecule has 3 rings (SSSR count). The number of carbonyl (C=O) groups is 1. The number of aromatic nitrogens is 1. The van der Waals surface area contributed by atoms with Crippen LogP contribution in [0.25, 0.3) is 0 Å². The maximum Gasteiger partial charge on any atom is 0.370 e. The molecule has 2 fully saturated rings. The molecule has 0 atom stereocenters. The van der Waals surface area contributed by atoms with Gasteiger partial charge in [-0.05, 0) is 6.92 Å². The summed E-state index contributed by atoms with van der Waals surface area (Å²) in [7, 11) is 1.61. The van der Waals surface area contributed by atoms with E-state index in [2.05, 4.69) is 0 Å². The van der Waals surface area contributed by atoms with Crippen LogP contribution in [-0.2, 0) is 16.5 Å². The Hall–Kier alpha value is -1.60. The van der Waals surface area contributed by atoms with Gasteiger partial charge in [0, 0.05) is 33.0 Å². The summed E-state index contributed by atoms with van der Waals surface area (Å²) < 4.78 is 17.5. The SMILES string of the molecule is Cc1c(C(=O)N2CCC3(CC2)OCCO3)c(=O)on1C. The van der Waals surface area contributed by atoms with Crippen molar-refractivity contribution in [3.05, 3.63) is 21.7 Å². The number of amides is 1. The van der Waals surface area contributed by atoms with E-state index in [1.807, 2.05) is 0 Å². The molecule has 0 aliphatic carbocycles. The summed E-state index contributed by atoms with van der Waals surface area (Å²) in [6.07, 6.45) is 1.27. The minimum atomic E-state index is -0.580. The summed E-state index contributed by atoms with van der Waals surface area (Å²) in [5, 5.41) is 0. The molecule has 7 nitrogen and oxygen atoms in total. The topological polar surface area (TPSA) is 73.9 Å². The van der Waals surface area contributed by atoms with Crippen LogP contribution in [0.4, 0.5) is 0 Å². The largest absolute Gasteiger partial charge is 0.370 e. The summed E-state index contributed by atoms with van der Waals surface area (Å²) in [6, 6.07) is 0. The highest BCUT2D eigenvalue weighted by molar-refractivity contribution is 5.94. The first-order chi connectivity index (χ1) is 9.52. The number of ether oxygens (including phenoxy) is 2. The lowest BCUT2D eigenvalue weighted by molar-refractivity contribution is -0.181. The number of hydrogen-bond donors (Lipinski definition) is 0. The predicted molar refractivity (Wildman–Crippen MR) is 68.5 cm³/mol. The highest BCUT2D eigenvalue weighted by Gasteiger charge is 2.41. The molecule has 2 aliphatic rings. The molecule has 20 heavy (non-hydrogen) atoms. The number of likely N-dealkylation sites (tertiary alicyclic amines) is 1. The first-order valence-electron chi connectivity index (χ1n) is 6.76. The molecule has 2 aliphatic heterocycles. The summed E-state index contributed by atoms with van der Waals surface area (Å²) in [6.45, 7) is 3.95. The van der Waals surface area contributed by atoms with Crippen molar-refractivity contribution in [1.82, 2.24) is 9.64 Å². The second-order valence-electron chi connectivity index (χ2n) is 5.24. The lowest BCUT2D eigenvalue weighted by atomic mass is 10.0. The minimum Gasteiger partial charge on any atom is -0.347 e. The molecule has 0 unspecified atom stereocenters. The first-order valence-corrected chi connectivity index (χ1v) is 6.76. The van der Waals surface area contributed by atoms with Gasteiger partial charge in [0.15, 0.2) is 5.79 Å². The molecule has 0 aromatic carbocycles. The van der Waals surface area contributed by atoms with Gasteiger partial charge >= 0.3 is 5.63 Å². The van der Waals surface area contributed by atoms with E-state index in [1.165, 1.54) is 4.74 Å². The molecular formula is C13H18N2O5. The van der Waals surface area contributed by atoms with Gasteiger partial charge in [-0.15, -0.1) is 0 Å². The molecular weight excluding hydrogens is 264 g/mol. The van der Waals surface area contributed by atoms with Gasteiger partial charge in [-0.2, -0.15) is 0 Å². The van der Waals surface area contributed by atoms with Crippen LogP contribution >= 0.6 is 0 Å². The Morgan fingerprint density at radius 3 is 2.30 bits per heavy atom. The minimum absolute atomic E-state index is 0.122. The van der Waals surface area contributed by atoms with E-state index < -0.39 is 11.4 Å². The van der Waals surface area contributed by atoms with Crippen LogP contribution in [0, 0.1) is 6.92 Å². The zero-order valence-corrected chi connectivity index (χ0v) is 11.7. The summed E-state index contributed by atoms with van der Waals surface area (Å²) in [5.74, 6) is -0.794. The quantitative estimate of drug-likeness (QED) is 0.739. The van der Waals surface area contributed by atoms with Crippen LogP contribution in [0.15, 0.2) is 9.32 Å². The van der Waals surface area contributed by atoms with Gasteiger partial charge in [0.25, 0.3) is 5.91 Å². The Balaban J connectivity index is 1.75. The van der Waals surface area contributed by atoms with Crippen molar-refractivity contribution in [3.8, 4) is 0 Å². The molecule has 1 amide bonds. The third-order valence-corrected chi connectivity index (χ3v) is 4.10. The Kier molecular flexibility index (Phi) is 3.18.